The van der Waals surface area contributed by atoms with E-state index in [1.54, 1.807) is 18.2 Å². The summed E-state index contributed by atoms with van der Waals surface area (Å²) in [5.74, 6) is 0.921. The van der Waals surface area contributed by atoms with Gasteiger partial charge in [0, 0.05) is 5.56 Å². The van der Waals surface area contributed by atoms with E-state index in [-0.39, 0.29) is 0 Å². The predicted octanol–water partition coefficient (Wildman–Crippen LogP) is 10.5. The van der Waals surface area contributed by atoms with Gasteiger partial charge in [0.1, 0.15) is 5.75 Å². The number of hydrogen-bond donors (Lipinski definition) is 0. The highest BCUT2D eigenvalue weighted by atomic mass is 16.5. The van der Waals surface area contributed by atoms with Crippen molar-refractivity contribution in [3.63, 3.8) is 0 Å². The van der Waals surface area contributed by atoms with Crippen LogP contribution in [0, 0.1) is 0 Å². The van der Waals surface area contributed by atoms with Crippen LogP contribution in [0.2, 0.25) is 0 Å². The number of benzene rings is 7. The molecule has 1 nitrogen and oxygen atoms in total. The van der Waals surface area contributed by atoms with Crippen LogP contribution in [0.4, 0.5) is 0 Å². The molecular formula is C39H32O. The Balaban J connectivity index is 0.000000159. The largest absolute Gasteiger partial charge is 0.496 e. The third-order valence-electron chi connectivity index (χ3n) is 8.38. The van der Waals surface area contributed by atoms with Crippen molar-refractivity contribution < 1.29 is 4.74 Å². The first-order valence-electron chi connectivity index (χ1n) is 14.3. The van der Waals surface area contributed by atoms with Crippen molar-refractivity contribution in [3.05, 3.63) is 139 Å². The second-order valence-corrected chi connectivity index (χ2v) is 10.8. The number of aryl methyl sites for hydroxylation is 2. The van der Waals surface area contributed by atoms with Crippen molar-refractivity contribution in [1.82, 2.24) is 0 Å². The number of ether oxygens (including phenoxy) is 1. The maximum atomic E-state index is 5.57. The molecule has 0 unspecified atom stereocenters. The molecule has 0 spiro atoms. The smallest absolute Gasteiger partial charge is 0.126 e. The molecule has 0 saturated carbocycles. The number of rotatable bonds is 2. The first kappa shape index (κ1) is 24.4. The van der Waals surface area contributed by atoms with Crippen LogP contribution in [0.5, 0.6) is 5.75 Å². The van der Waals surface area contributed by atoms with Gasteiger partial charge in [-0.2, -0.15) is 0 Å². The third-order valence-corrected chi connectivity index (χ3v) is 8.38. The van der Waals surface area contributed by atoms with Crippen LogP contribution in [0.25, 0.3) is 54.2 Å². The summed E-state index contributed by atoms with van der Waals surface area (Å²) in [6, 6.07) is 45.7. The molecule has 0 aliphatic heterocycles. The van der Waals surface area contributed by atoms with Crippen LogP contribution in [0.3, 0.4) is 0 Å². The molecule has 7 aromatic carbocycles. The first-order valence-corrected chi connectivity index (χ1v) is 14.3. The zero-order valence-electron chi connectivity index (χ0n) is 22.9. The molecule has 0 heterocycles. The summed E-state index contributed by atoms with van der Waals surface area (Å²) in [6.07, 6.45) is 5.07. The molecule has 0 fully saturated rings. The first-order chi connectivity index (χ1) is 19.8. The van der Waals surface area contributed by atoms with Gasteiger partial charge in [-0.05, 0) is 110 Å². The predicted molar refractivity (Wildman–Crippen MR) is 172 cm³/mol. The second-order valence-electron chi connectivity index (χ2n) is 10.8. The maximum Gasteiger partial charge on any atom is 0.126 e. The van der Waals surface area contributed by atoms with Crippen molar-refractivity contribution in [2.45, 2.75) is 25.7 Å². The second kappa shape index (κ2) is 10.5. The molecule has 1 aliphatic rings. The van der Waals surface area contributed by atoms with Gasteiger partial charge in [-0.3, -0.25) is 0 Å². The van der Waals surface area contributed by atoms with Crippen LogP contribution in [0.1, 0.15) is 24.0 Å². The van der Waals surface area contributed by atoms with Crippen LogP contribution in [0.15, 0.2) is 127 Å². The molecular weight excluding hydrogens is 484 g/mol. The molecule has 0 radical (unpaired) electrons. The summed E-state index contributed by atoms with van der Waals surface area (Å²) < 4.78 is 5.57. The average molecular weight is 517 g/mol. The number of methoxy groups -OCH3 is 1. The Morgan fingerprint density at radius 2 is 1.07 bits per heavy atom. The summed E-state index contributed by atoms with van der Waals surface area (Å²) in [6.45, 7) is 0. The fourth-order valence-corrected chi connectivity index (χ4v) is 6.32. The van der Waals surface area contributed by atoms with E-state index in [9.17, 15) is 0 Å². The summed E-state index contributed by atoms with van der Waals surface area (Å²) in [5, 5.41) is 10.7. The standard InChI is InChI=1S/C25H22O.C14H10/c1-26-25-9-5-4-8-21(25)19-11-10-18-13-14-22-20-7-3-2-6-17(20)12-15-23(22)24(18)16-19;1-2-6-12-10-14-8-4-3-7-13(14)9-11(12)5-1/h4-5,8-16H,2-3,6-7H2,1H3;1-10H. The van der Waals surface area contributed by atoms with E-state index in [1.807, 2.05) is 12.1 Å². The highest BCUT2D eigenvalue weighted by Gasteiger charge is 2.14. The van der Waals surface area contributed by atoms with Crippen LogP contribution in [-0.2, 0) is 12.8 Å². The average Bonchev–Trinajstić information content (AvgIpc) is 3.03. The fraction of sp³-hybridized carbons (Fsp3) is 0.128. The summed E-state index contributed by atoms with van der Waals surface area (Å²) >= 11 is 0. The lowest BCUT2D eigenvalue weighted by atomic mass is 9.86. The van der Waals surface area contributed by atoms with Gasteiger partial charge in [0.05, 0.1) is 7.11 Å². The monoisotopic (exact) mass is 516 g/mol. The molecule has 0 aromatic heterocycles. The van der Waals surface area contributed by atoms with Gasteiger partial charge in [-0.15, -0.1) is 0 Å². The normalized spacial score (nSPS) is 12.7. The van der Waals surface area contributed by atoms with Crippen molar-refractivity contribution >= 4 is 43.1 Å². The molecule has 7 aromatic rings. The lowest BCUT2D eigenvalue weighted by Crippen LogP contribution is -2.03. The molecule has 0 amide bonds. The highest BCUT2D eigenvalue weighted by Crippen LogP contribution is 2.37. The Kier molecular flexibility index (Phi) is 6.42. The van der Waals surface area contributed by atoms with Crippen molar-refractivity contribution in [2.75, 3.05) is 7.11 Å². The lowest BCUT2D eigenvalue weighted by molar-refractivity contribution is 0.416. The Morgan fingerprint density at radius 1 is 0.475 bits per heavy atom. The molecule has 1 heteroatoms. The van der Waals surface area contributed by atoms with Crippen LogP contribution >= 0.6 is 0 Å². The van der Waals surface area contributed by atoms with Gasteiger partial charge >= 0.3 is 0 Å². The van der Waals surface area contributed by atoms with Gasteiger partial charge in [-0.1, -0.05) is 103 Å². The molecule has 0 N–H and O–H groups in total. The van der Waals surface area contributed by atoms with E-state index < -0.39 is 0 Å². The van der Waals surface area contributed by atoms with E-state index >= 15 is 0 Å². The topological polar surface area (TPSA) is 9.23 Å². The minimum Gasteiger partial charge on any atom is -0.496 e. The zero-order chi connectivity index (χ0) is 26.9. The number of hydrogen-bond acceptors (Lipinski definition) is 1. The van der Waals surface area contributed by atoms with E-state index in [1.165, 1.54) is 74.3 Å². The van der Waals surface area contributed by atoms with E-state index in [0.717, 1.165) is 11.3 Å². The molecule has 0 bridgehead atoms. The van der Waals surface area contributed by atoms with E-state index in [2.05, 4.69) is 115 Å². The number of para-hydroxylation sites is 1. The summed E-state index contributed by atoms with van der Waals surface area (Å²) in [4.78, 5) is 0. The molecule has 194 valence electrons. The Labute approximate surface area is 235 Å². The minimum atomic E-state index is 0.921. The molecule has 8 rings (SSSR count). The lowest BCUT2D eigenvalue weighted by Gasteiger charge is -2.19. The van der Waals surface area contributed by atoms with Gasteiger partial charge in [0.25, 0.3) is 0 Å². The van der Waals surface area contributed by atoms with Gasteiger partial charge in [-0.25, -0.2) is 0 Å². The minimum absolute atomic E-state index is 0.921. The van der Waals surface area contributed by atoms with Crippen LogP contribution < -0.4 is 4.74 Å². The zero-order valence-corrected chi connectivity index (χ0v) is 22.9. The Hall–Kier alpha value is -4.62. The highest BCUT2D eigenvalue weighted by molar-refractivity contribution is 6.10. The van der Waals surface area contributed by atoms with Gasteiger partial charge < -0.3 is 4.74 Å². The summed E-state index contributed by atoms with van der Waals surface area (Å²) in [5.41, 5.74) is 5.47. The van der Waals surface area contributed by atoms with Crippen LogP contribution in [-0.4, -0.2) is 7.11 Å². The fourth-order valence-electron chi connectivity index (χ4n) is 6.32. The van der Waals surface area contributed by atoms with E-state index in [4.69, 9.17) is 4.74 Å². The Morgan fingerprint density at radius 3 is 1.77 bits per heavy atom. The molecule has 40 heavy (non-hydrogen) atoms. The van der Waals surface area contributed by atoms with Gasteiger partial charge in [0.2, 0.25) is 0 Å². The van der Waals surface area contributed by atoms with Gasteiger partial charge in [0.15, 0.2) is 0 Å². The van der Waals surface area contributed by atoms with Crippen molar-refractivity contribution in [3.8, 4) is 16.9 Å². The Bertz CT molecular complexity index is 1890. The molecule has 0 saturated heterocycles. The molecule has 0 atom stereocenters. The number of fused-ring (bicyclic) bond motifs is 7. The SMILES string of the molecule is COc1ccccc1-c1ccc2ccc3c4c(ccc3c2c1)CCCC4.c1ccc2cc3ccccc3cc2c1. The molecule has 1 aliphatic carbocycles. The quantitative estimate of drug-likeness (QED) is 0.164. The van der Waals surface area contributed by atoms with Crippen molar-refractivity contribution in [2.24, 2.45) is 0 Å². The summed E-state index contributed by atoms with van der Waals surface area (Å²) in [7, 11) is 1.74. The van der Waals surface area contributed by atoms with E-state index in [0.29, 0.717) is 0 Å². The van der Waals surface area contributed by atoms with Crippen molar-refractivity contribution in [1.29, 1.82) is 0 Å². The maximum absolute atomic E-state index is 5.57. The third kappa shape index (κ3) is 4.48.